The summed E-state index contributed by atoms with van der Waals surface area (Å²) in [5.74, 6) is -0.658. The molecule has 1 aliphatic heterocycles. The molecule has 2 atom stereocenters. The van der Waals surface area contributed by atoms with Gasteiger partial charge in [-0.05, 0) is 53.8 Å². The minimum atomic E-state index is -0.498. The monoisotopic (exact) mass is 473 g/mol. The van der Waals surface area contributed by atoms with Gasteiger partial charge in [-0.3, -0.25) is 9.59 Å². The van der Waals surface area contributed by atoms with Crippen molar-refractivity contribution in [2.75, 3.05) is 18.8 Å². The van der Waals surface area contributed by atoms with E-state index in [0.717, 1.165) is 17.5 Å². The number of primary amides is 1. The molecule has 8 nitrogen and oxygen atoms in total. The van der Waals surface area contributed by atoms with Crippen LogP contribution in [-0.4, -0.2) is 42.0 Å². The number of amides is 2. The van der Waals surface area contributed by atoms with Crippen LogP contribution in [0.4, 0.5) is 5.82 Å². The zero-order valence-corrected chi connectivity index (χ0v) is 20.0. The molecule has 0 unspecified atom stereocenters. The maximum absolute atomic E-state index is 13.1. The van der Waals surface area contributed by atoms with E-state index in [1.54, 1.807) is 36.5 Å². The van der Waals surface area contributed by atoms with Crippen molar-refractivity contribution in [1.82, 2.24) is 15.6 Å². The van der Waals surface area contributed by atoms with E-state index in [0.29, 0.717) is 36.4 Å². The van der Waals surface area contributed by atoms with Crippen molar-refractivity contribution in [3.63, 3.8) is 0 Å². The predicted octanol–water partition coefficient (Wildman–Crippen LogP) is 2.59. The molecule has 2 aromatic carbocycles. The Hall–Kier alpha value is -3.75. The molecule has 35 heavy (non-hydrogen) atoms. The Labute approximate surface area is 205 Å². The van der Waals surface area contributed by atoms with Gasteiger partial charge in [-0.2, -0.15) is 0 Å². The van der Waals surface area contributed by atoms with Gasteiger partial charge >= 0.3 is 0 Å². The summed E-state index contributed by atoms with van der Waals surface area (Å²) in [6.07, 6.45) is 2.41. The number of hydrogen-bond donors (Lipinski definition) is 4. The number of aromatic nitrogens is 1. The second-order valence-electron chi connectivity index (χ2n) is 8.80. The van der Waals surface area contributed by atoms with Gasteiger partial charge in [0.1, 0.15) is 5.82 Å². The number of carbonyl (C=O) groups is 2. The van der Waals surface area contributed by atoms with Gasteiger partial charge in [-0.25, -0.2) is 4.98 Å². The molecular weight excluding hydrogens is 442 g/mol. The van der Waals surface area contributed by atoms with E-state index in [9.17, 15) is 9.59 Å². The number of hydrogen-bond acceptors (Lipinski definition) is 6. The van der Waals surface area contributed by atoms with Gasteiger partial charge < -0.3 is 26.8 Å². The molecule has 8 heteroatoms. The van der Waals surface area contributed by atoms with Gasteiger partial charge in [0.15, 0.2) is 0 Å². The van der Waals surface area contributed by atoms with Crippen molar-refractivity contribution in [2.24, 2.45) is 5.73 Å². The van der Waals surface area contributed by atoms with Gasteiger partial charge in [-0.1, -0.05) is 37.3 Å². The average molecular weight is 474 g/mol. The number of carbonyl (C=O) groups excluding carboxylic acids is 2. The number of benzene rings is 2. The number of nitrogens with one attached hydrogen (secondary N) is 2. The topological polar surface area (TPSA) is 132 Å². The van der Waals surface area contributed by atoms with E-state index in [-0.39, 0.29) is 23.9 Å². The molecule has 0 aliphatic carbocycles. The molecule has 4 rings (SSSR count). The fourth-order valence-electron chi connectivity index (χ4n) is 4.26. The fourth-order valence-corrected chi connectivity index (χ4v) is 4.26. The molecule has 2 heterocycles. The minimum absolute atomic E-state index is 0.148. The summed E-state index contributed by atoms with van der Waals surface area (Å²) < 4.78 is 6.17. The van der Waals surface area contributed by atoms with Crippen LogP contribution >= 0.6 is 0 Å². The molecule has 0 bridgehead atoms. The van der Waals surface area contributed by atoms with Crippen LogP contribution in [0.15, 0.2) is 54.7 Å². The molecule has 1 aromatic heterocycles. The molecule has 0 radical (unpaired) electrons. The van der Waals surface area contributed by atoms with E-state index >= 15 is 0 Å². The second kappa shape index (κ2) is 10.7. The van der Waals surface area contributed by atoms with E-state index in [1.165, 1.54) is 11.1 Å². The number of ether oxygens (including phenoxy) is 1. The molecule has 6 N–H and O–H groups in total. The Morgan fingerprint density at radius 2 is 1.89 bits per heavy atom. The van der Waals surface area contributed by atoms with Crippen LogP contribution in [0.1, 0.15) is 44.3 Å². The standard InChI is InChI=1S/C27H31N5O3/c1-3-18-10-17(5-4-16(18)2)15-35-24-14-30-13-23(24)32-27(34)22-11-21(12-31-25(22)28)19-6-8-20(9-7-19)26(29)33/h4-12,23-24,30H,3,13-15H2,1-2H3,(H2,28,31)(H2,29,33)(H,32,34)/t23-,24-/m0/s1. The lowest BCUT2D eigenvalue weighted by molar-refractivity contribution is 0.0357. The van der Waals surface area contributed by atoms with Crippen LogP contribution in [0.5, 0.6) is 0 Å². The van der Waals surface area contributed by atoms with Crippen LogP contribution in [0, 0.1) is 6.92 Å². The number of nitrogens with zero attached hydrogens (tertiary/aromatic N) is 1. The lowest BCUT2D eigenvalue weighted by atomic mass is 10.0. The highest BCUT2D eigenvalue weighted by Crippen LogP contribution is 2.23. The van der Waals surface area contributed by atoms with Gasteiger partial charge in [0.2, 0.25) is 5.91 Å². The minimum Gasteiger partial charge on any atom is -0.383 e. The number of anilines is 1. The van der Waals surface area contributed by atoms with Crippen LogP contribution in [0.3, 0.4) is 0 Å². The first kappa shape index (κ1) is 24.4. The maximum Gasteiger partial charge on any atom is 0.255 e. The molecule has 1 fully saturated rings. The van der Waals surface area contributed by atoms with Crippen LogP contribution < -0.4 is 22.1 Å². The summed E-state index contributed by atoms with van der Waals surface area (Å²) in [7, 11) is 0. The van der Waals surface area contributed by atoms with Crippen molar-refractivity contribution in [2.45, 2.75) is 39.0 Å². The van der Waals surface area contributed by atoms with Crippen molar-refractivity contribution < 1.29 is 14.3 Å². The second-order valence-corrected chi connectivity index (χ2v) is 8.80. The third-order valence-corrected chi connectivity index (χ3v) is 6.40. The summed E-state index contributed by atoms with van der Waals surface area (Å²) in [4.78, 5) is 28.6. The Kier molecular flexibility index (Phi) is 7.43. The zero-order valence-electron chi connectivity index (χ0n) is 20.0. The molecule has 1 aliphatic rings. The third-order valence-electron chi connectivity index (χ3n) is 6.40. The lowest BCUT2D eigenvalue weighted by Gasteiger charge is -2.21. The first-order valence-corrected chi connectivity index (χ1v) is 11.7. The molecule has 182 valence electrons. The predicted molar refractivity (Wildman–Crippen MR) is 136 cm³/mol. The molecule has 3 aromatic rings. The summed E-state index contributed by atoms with van der Waals surface area (Å²) in [5.41, 5.74) is 17.3. The van der Waals surface area contributed by atoms with Gasteiger partial charge in [0.25, 0.3) is 5.91 Å². The van der Waals surface area contributed by atoms with Crippen molar-refractivity contribution >= 4 is 17.6 Å². The first-order chi connectivity index (χ1) is 16.9. The smallest absolute Gasteiger partial charge is 0.255 e. The van der Waals surface area contributed by atoms with E-state index < -0.39 is 5.91 Å². The number of aryl methyl sites for hydroxylation is 2. The highest BCUT2D eigenvalue weighted by atomic mass is 16.5. The summed E-state index contributed by atoms with van der Waals surface area (Å²) in [6, 6.07) is 14.7. The Balaban J connectivity index is 1.43. The molecule has 2 amide bonds. The van der Waals surface area contributed by atoms with Gasteiger partial charge in [0, 0.05) is 30.4 Å². The molecule has 1 saturated heterocycles. The van der Waals surface area contributed by atoms with Gasteiger partial charge in [-0.15, -0.1) is 0 Å². The summed E-state index contributed by atoms with van der Waals surface area (Å²) in [5, 5.41) is 6.34. The molecular formula is C27H31N5O3. The fraction of sp³-hybridized carbons (Fsp3) is 0.296. The number of rotatable bonds is 8. The third kappa shape index (κ3) is 5.67. The Morgan fingerprint density at radius 1 is 1.11 bits per heavy atom. The summed E-state index contributed by atoms with van der Waals surface area (Å²) in [6.45, 7) is 5.99. The highest BCUT2D eigenvalue weighted by molar-refractivity contribution is 5.99. The SMILES string of the molecule is CCc1cc(CO[C@H]2CNC[C@@H]2NC(=O)c2cc(-c3ccc(C(N)=O)cc3)cnc2N)ccc1C. The number of pyridine rings is 1. The first-order valence-electron chi connectivity index (χ1n) is 11.7. The van der Waals surface area contributed by atoms with Crippen molar-refractivity contribution in [1.29, 1.82) is 0 Å². The average Bonchev–Trinajstić information content (AvgIpc) is 3.30. The van der Waals surface area contributed by atoms with E-state index in [2.05, 4.69) is 47.7 Å². The van der Waals surface area contributed by atoms with Crippen LogP contribution in [0.2, 0.25) is 0 Å². The molecule has 0 saturated carbocycles. The number of nitrogens with two attached hydrogens (primary N) is 2. The molecule has 0 spiro atoms. The number of nitrogen functional groups attached to an aromatic ring is 1. The van der Waals surface area contributed by atoms with E-state index in [1.807, 2.05) is 0 Å². The Bertz CT molecular complexity index is 1230. The van der Waals surface area contributed by atoms with Crippen molar-refractivity contribution in [3.8, 4) is 11.1 Å². The highest BCUT2D eigenvalue weighted by Gasteiger charge is 2.30. The van der Waals surface area contributed by atoms with Gasteiger partial charge in [0.05, 0.1) is 24.3 Å². The van der Waals surface area contributed by atoms with Crippen LogP contribution in [0.25, 0.3) is 11.1 Å². The lowest BCUT2D eigenvalue weighted by Crippen LogP contribution is -2.44. The maximum atomic E-state index is 13.1. The normalized spacial score (nSPS) is 17.3. The van der Waals surface area contributed by atoms with E-state index in [4.69, 9.17) is 16.2 Å². The quantitative estimate of drug-likeness (QED) is 0.398. The largest absolute Gasteiger partial charge is 0.383 e. The zero-order chi connectivity index (χ0) is 24.9. The van der Waals surface area contributed by atoms with Crippen LogP contribution in [-0.2, 0) is 17.8 Å². The Morgan fingerprint density at radius 3 is 2.60 bits per heavy atom. The summed E-state index contributed by atoms with van der Waals surface area (Å²) >= 11 is 0. The van der Waals surface area contributed by atoms with Crippen molar-refractivity contribution in [3.05, 3.63) is 82.5 Å².